The van der Waals surface area contributed by atoms with Gasteiger partial charge in [-0.3, -0.25) is 9.48 Å². The van der Waals surface area contributed by atoms with Gasteiger partial charge in [0, 0.05) is 18.0 Å². The minimum Gasteiger partial charge on any atom is -0.453 e. The smallest absolute Gasteiger partial charge is 0.273 e. The zero-order chi connectivity index (χ0) is 16.4. The molecule has 0 atom stereocenters. The van der Waals surface area contributed by atoms with E-state index in [-0.39, 0.29) is 11.6 Å². The van der Waals surface area contributed by atoms with Gasteiger partial charge in [-0.15, -0.1) is 0 Å². The molecule has 0 saturated heterocycles. The van der Waals surface area contributed by atoms with E-state index < -0.39 is 0 Å². The average molecular weight is 323 g/mol. The van der Waals surface area contributed by atoms with Crippen LogP contribution in [-0.4, -0.2) is 32.4 Å². The number of fused-ring (bicyclic) bond motifs is 1. The molecule has 0 aliphatic rings. The highest BCUT2D eigenvalue weighted by molar-refractivity contribution is 5.93. The lowest BCUT2D eigenvalue weighted by atomic mass is 10.2. The van der Waals surface area contributed by atoms with Crippen molar-refractivity contribution in [3.05, 3.63) is 54.7 Å². The quantitative estimate of drug-likeness (QED) is 0.604. The number of aromatic nitrogens is 4. The highest BCUT2D eigenvalue weighted by atomic mass is 16.5. The molecule has 1 amide bonds. The summed E-state index contributed by atoms with van der Waals surface area (Å²) in [6.45, 7) is 0.940. The van der Waals surface area contributed by atoms with Crippen molar-refractivity contribution < 1.29 is 13.7 Å². The number of carbonyl (C=O) groups excluding carboxylic acids is 1. The molecule has 0 unspecified atom stereocenters. The molecule has 0 aliphatic heterocycles. The second-order valence-corrected chi connectivity index (χ2v) is 5.14. The molecule has 0 bridgehead atoms. The van der Waals surface area contributed by atoms with Crippen molar-refractivity contribution >= 4 is 16.9 Å². The van der Waals surface area contributed by atoms with Gasteiger partial charge in [0.25, 0.3) is 5.91 Å². The first-order valence-corrected chi connectivity index (χ1v) is 7.36. The Hall–Kier alpha value is -3.42. The van der Waals surface area contributed by atoms with Crippen molar-refractivity contribution in [2.24, 2.45) is 0 Å². The van der Waals surface area contributed by atoms with Crippen LogP contribution in [0.15, 0.2) is 58.0 Å². The van der Waals surface area contributed by atoms with Gasteiger partial charge in [-0.05, 0) is 12.1 Å². The van der Waals surface area contributed by atoms with Crippen LogP contribution in [0.2, 0.25) is 0 Å². The fourth-order valence-corrected chi connectivity index (χ4v) is 2.32. The van der Waals surface area contributed by atoms with Crippen LogP contribution in [0.5, 0.6) is 0 Å². The number of carbonyl (C=O) groups is 1. The second-order valence-electron chi connectivity index (χ2n) is 5.14. The Kier molecular flexibility index (Phi) is 3.54. The van der Waals surface area contributed by atoms with Crippen LogP contribution >= 0.6 is 0 Å². The molecule has 8 heteroatoms. The SMILES string of the molecule is O=C(NCCn1cncn1)c1cc(-c2cc3ccccc3o2)on1. The van der Waals surface area contributed by atoms with Crippen molar-refractivity contribution in [2.45, 2.75) is 6.54 Å². The van der Waals surface area contributed by atoms with Crippen molar-refractivity contribution in [1.29, 1.82) is 0 Å². The number of nitrogens with one attached hydrogen (secondary N) is 1. The maximum atomic E-state index is 12.1. The topological polar surface area (TPSA) is 99.0 Å². The van der Waals surface area contributed by atoms with Gasteiger partial charge in [0.15, 0.2) is 11.5 Å². The normalized spacial score (nSPS) is 11.0. The predicted molar refractivity (Wildman–Crippen MR) is 84.1 cm³/mol. The number of hydrogen-bond acceptors (Lipinski definition) is 6. The summed E-state index contributed by atoms with van der Waals surface area (Å²) in [5, 5.41) is 11.5. The highest BCUT2D eigenvalue weighted by Gasteiger charge is 2.16. The third-order valence-corrected chi connectivity index (χ3v) is 3.50. The van der Waals surface area contributed by atoms with Gasteiger partial charge in [0.2, 0.25) is 5.76 Å². The highest BCUT2D eigenvalue weighted by Crippen LogP contribution is 2.28. The van der Waals surface area contributed by atoms with Crippen molar-refractivity contribution in [3.8, 4) is 11.5 Å². The molecule has 24 heavy (non-hydrogen) atoms. The number of para-hydroxylation sites is 1. The zero-order valence-electron chi connectivity index (χ0n) is 12.5. The minimum absolute atomic E-state index is 0.198. The summed E-state index contributed by atoms with van der Waals surface area (Å²) >= 11 is 0. The molecule has 8 nitrogen and oxygen atoms in total. The van der Waals surface area contributed by atoms with E-state index in [0.717, 1.165) is 11.0 Å². The van der Waals surface area contributed by atoms with Gasteiger partial charge in [-0.25, -0.2) is 4.98 Å². The third-order valence-electron chi connectivity index (χ3n) is 3.50. The lowest BCUT2D eigenvalue weighted by Gasteiger charge is -2.01. The Morgan fingerprint density at radius 2 is 2.12 bits per heavy atom. The Morgan fingerprint density at radius 1 is 1.21 bits per heavy atom. The van der Waals surface area contributed by atoms with Crippen LogP contribution in [0.3, 0.4) is 0 Å². The Bertz CT molecular complexity index is 938. The largest absolute Gasteiger partial charge is 0.453 e. The van der Waals surface area contributed by atoms with Crippen LogP contribution < -0.4 is 5.32 Å². The van der Waals surface area contributed by atoms with E-state index in [2.05, 4.69) is 20.6 Å². The number of benzene rings is 1. The molecule has 0 fully saturated rings. The first-order valence-electron chi connectivity index (χ1n) is 7.36. The molecule has 4 rings (SSSR count). The van der Waals surface area contributed by atoms with Gasteiger partial charge >= 0.3 is 0 Å². The van der Waals surface area contributed by atoms with Crippen molar-refractivity contribution in [3.63, 3.8) is 0 Å². The standard InChI is InChI=1S/C16H13N5O3/c22-16(18-5-6-21-10-17-9-19-21)12-8-15(24-20-12)14-7-11-3-1-2-4-13(11)23-14/h1-4,7-10H,5-6H2,(H,18,22). The third kappa shape index (κ3) is 2.76. The summed E-state index contributed by atoms with van der Waals surface area (Å²) < 4.78 is 12.5. The number of furan rings is 1. The van der Waals surface area contributed by atoms with E-state index in [1.165, 1.54) is 6.33 Å². The minimum atomic E-state index is -0.318. The van der Waals surface area contributed by atoms with Crippen LogP contribution in [0, 0.1) is 0 Å². The number of nitrogens with zero attached hydrogens (tertiary/aromatic N) is 4. The van der Waals surface area contributed by atoms with Crippen LogP contribution in [0.1, 0.15) is 10.5 Å². The number of rotatable bonds is 5. The zero-order valence-corrected chi connectivity index (χ0v) is 12.5. The van der Waals surface area contributed by atoms with E-state index in [1.807, 2.05) is 30.3 Å². The number of amides is 1. The van der Waals surface area contributed by atoms with Gasteiger partial charge < -0.3 is 14.3 Å². The van der Waals surface area contributed by atoms with Crippen LogP contribution in [-0.2, 0) is 6.54 Å². The van der Waals surface area contributed by atoms with Gasteiger partial charge in [0.1, 0.15) is 18.2 Å². The van der Waals surface area contributed by atoms with E-state index >= 15 is 0 Å². The molecule has 4 aromatic rings. The Balaban J connectivity index is 1.44. The molecule has 120 valence electrons. The Morgan fingerprint density at radius 3 is 2.96 bits per heavy atom. The van der Waals surface area contributed by atoms with Crippen LogP contribution in [0.25, 0.3) is 22.5 Å². The summed E-state index contributed by atoms with van der Waals surface area (Å²) in [6, 6.07) is 11.0. The molecule has 0 saturated carbocycles. The molecular weight excluding hydrogens is 310 g/mol. The summed E-state index contributed by atoms with van der Waals surface area (Å²) in [5.41, 5.74) is 0.951. The van der Waals surface area contributed by atoms with Crippen LogP contribution in [0.4, 0.5) is 0 Å². The average Bonchev–Trinajstić information content (AvgIpc) is 3.33. The summed E-state index contributed by atoms with van der Waals surface area (Å²) in [6.07, 6.45) is 3.03. The lowest BCUT2D eigenvalue weighted by molar-refractivity contribution is 0.0943. The van der Waals surface area contributed by atoms with E-state index in [4.69, 9.17) is 8.94 Å². The summed E-state index contributed by atoms with van der Waals surface area (Å²) in [5.74, 6) is 0.624. The molecule has 0 aliphatic carbocycles. The maximum Gasteiger partial charge on any atom is 0.273 e. The molecule has 0 radical (unpaired) electrons. The monoisotopic (exact) mass is 323 g/mol. The second kappa shape index (κ2) is 5.99. The molecule has 1 aromatic carbocycles. The number of hydrogen-bond donors (Lipinski definition) is 1. The fourth-order valence-electron chi connectivity index (χ4n) is 2.32. The summed E-state index contributed by atoms with van der Waals surface area (Å²) in [4.78, 5) is 15.9. The van der Waals surface area contributed by atoms with Gasteiger partial charge in [-0.1, -0.05) is 23.4 Å². The maximum absolute atomic E-state index is 12.1. The van der Waals surface area contributed by atoms with Crippen molar-refractivity contribution in [2.75, 3.05) is 6.54 Å². The molecule has 1 N–H and O–H groups in total. The van der Waals surface area contributed by atoms with E-state index in [1.54, 1.807) is 17.1 Å². The van der Waals surface area contributed by atoms with Gasteiger partial charge in [0.05, 0.1) is 6.54 Å². The predicted octanol–water partition coefficient (Wildman–Crippen LogP) is 2.11. The molecule has 3 heterocycles. The lowest BCUT2D eigenvalue weighted by Crippen LogP contribution is -2.27. The molecular formula is C16H13N5O3. The van der Waals surface area contributed by atoms with Gasteiger partial charge in [-0.2, -0.15) is 5.10 Å². The van der Waals surface area contributed by atoms with Crippen molar-refractivity contribution in [1.82, 2.24) is 25.2 Å². The first kappa shape index (κ1) is 14.2. The first-order chi connectivity index (χ1) is 11.8. The summed E-state index contributed by atoms with van der Waals surface area (Å²) in [7, 11) is 0. The van der Waals surface area contributed by atoms with E-state index in [0.29, 0.717) is 24.6 Å². The van der Waals surface area contributed by atoms with E-state index in [9.17, 15) is 4.79 Å². The molecule has 3 aromatic heterocycles. The fraction of sp³-hybridized carbons (Fsp3) is 0.125. The Labute approximate surface area is 136 Å². The molecule has 0 spiro atoms.